The first-order chi connectivity index (χ1) is 31.5. The highest BCUT2D eigenvalue weighted by atomic mass is 32.2. The van der Waals surface area contributed by atoms with Crippen molar-refractivity contribution in [1.82, 2.24) is 0 Å². The zero-order valence-electron chi connectivity index (χ0n) is 37.8. The van der Waals surface area contributed by atoms with Gasteiger partial charge in [0.05, 0.1) is 78.5 Å². The largest absolute Gasteiger partial charge is 0.497 e. The zero-order chi connectivity index (χ0) is 49.6. The minimum Gasteiger partial charge on any atom is -0.497 e. The van der Waals surface area contributed by atoms with Crippen molar-refractivity contribution in [3.8, 4) is 17.6 Å². The van der Waals surface area contributed by atoms with Gasteiger partial charge >= 0.3 is 23.9 Å². The minimum absolute atomic E-state index is 0.0898. The summed E-state index contributed by atoms with van der Waals surface area (Å²) in [6, 6.07) is 25.2. The number of thiol groups is 1. The lowest BCUT2D eigenvalue weighted by Crippen LogP contribution is -2.21. The first-order valence-electron chi connectivity index (χ1n) is 20.2. The van der Waals surface area contributed by atoms with Crippen LogP contribution in [0.4, 0.5) is 11.4 Å². The van der Waals surface area contributed by atoms with Gasteiger partial charge in [0.25, 0.3) is 11.4 Å². The number of ether oxygens (including phenoxy) is 6. The van der Waals surface area contributed by atoms with Crippen LogP contribution in [0.15, 0.2) is 94.7 Å². The highest BCUT2D eigenvalue weighted by Crippen LogP contribution is 2.35. The summed E-state index contributed by atoms with van der Waals surface area (Å²) in [4.78, 5) is 67.8. The van der Waals surface area contributed by atoms with Crippen LogP contribution < -0.4 is 9.47 Å². The number of nitriles is 1. The number of aliphatic hydroxyl groups excluding tert-OH is 1. The Hall–Kier alpha value is -6.69. The van der Waals surface area contributed by atoms with Gasteiger partial charge in [-0.1, -0.05) is 24.3 Å². The second kappa shape index (κ2) is 32.0. The highest BCUT2D eigenvalue weighted by molar-refractivity contribution is 8.00. The molecule has 0 amide bonds. The van der Waals surface area contributed by atoms with Crippen LogP contribution in [0.5, 0.6) is 11.5 Å². The number of esters is 4. The fourth-order valence-corrected chi connectivity index (χ4v) is 6.86. The maximum Gasteiger partial charge on any atom is 0.338 e. The number of hydrogen-bond acceptors (Lipinski definition) is 18. The van der Waals surface area contributed by atoms with E-state index in [0.717, 1.165) is 59.7 Å². The molecule has 0 aliphatic heterocycles. The Labute approximate surface area is 393 Å². The fraction of sp³-hybridized carbons (Fsp3) is 0.370. The van der Waals surface area contributed by atoms with Gasteiger partial charge in [-0.15, -0.1) is 24.4 Å². The summed E-state index contributed by atoms with van der Waals surface area (Å²) in [5, 5.41) is 38.2. The SMILES string of the molecule is CC#N.CCOC(=O)c1ccc(S)c([N+](=O)[O-])c1.CCOC(=O)c1ccc(S[C@@H](CCCc2ccc(OC)cc2)C(=O)OC)c([N+](=O)[O-])c1.COC(=O)[C@H](O)CCCc1ccc(OC)cc1. The van der Waals surface area contributed by atoms with Gasteiger partial charge in [0, 0.05) is 19.1 Å². The quantitative estimate of drug-likeness (QED) is 0.0210. The van der Waals surface area contributed by atoms with E-state index in [1.165, 1.54) is 51.5 Å². The van der Waals surface area contributed by atoms with E-state index in [4.69, 9.17) is 28.9 Å². The zero-order valence-corrected chi connectivity index (χ0v) is 39.5. The maximum atomic E-state index is 12.3. The third-order valence-electron chi connectivity index (χ3n) is 8.75. The van der Waals surface area contributed by atoms with Gasteiger partial charge in [0.2, 0.25) is 0 Å². The van der Waals surface area contributed by atoms with E-state index in [1.807, 2.05) is 48.5 Å². The van der Waals surface area contributed by atoms with Crippen molar-refractivity contribution in [2.75, 3.05) is 41.7 Å². The first-order valence-corrected chi connectivity index (χ1v) is 21.5. The van der Waals surface area contributed by atoms with Gasteiger partial charge < -0.3 is 33.5 Å². The molecule has 0 unspecified atom stereocenters. The number of methoxy groups -OCH3 is 4. The number of benzene rings is 4. The molecule has 1 N–H and O–H groups in total. The molecule has 4 aromatic carbocycles. The second-order valence-corrected chi connectivity index (χ2v) is 14.9. The molecule has 0 fully saturated rings. The molecule has 18 nitrogen and oxygen atoms in total. The Bertz CT molecular complexity index is 2220. The second-order valence-electron chi connectivity index (χ2n) is 13.2. The molecule has 0 spiro atoms. The Morgan fingerprint density at radius 1 is 0.697 bits per heavy atom. The topological polar surface area (TPSA) is 254 Å². The Morgan fingerprint density at radius 2 is 1.12 bits per heavy atom. The smallest absolute Gasteiger partial charge is 0.338 e. The van der Waals surface area contributed by atoms with Crippen molar-refractivity contribution in [2.24, 2.45) is 0 Å². The Kier molecular flexibility index (Phi) is 27.8. The molecule has 0 radical (unpaired) electrons. The van der Waals surface area contributed by atoms with Crippen molar-refractivity contribution in [2.45, 2.75) is 80.4 Å². The predicted octanol–water partition coefficient (Wildman–Crippen LogP) is 8.58. The van der Waals surface area contributed by atoms with Crippen molar-refractivity contribution < 1.29 is 62.6 Å². The predicted molar refractivity (Wildman–Crippen MR) is 248 cm³/mol. The van der Waals surface area contributed by atoms with Gasteiger partial charge in [-0.2, -0.15) is 5.26 Å². The molecule has 0 aliphatic rings. The van der Waals surface area contributed by atoms with Gasteiger partial charge in [0.1, 0.15) is 16.7 Å². The van der Waals surface area contributed by atoms with Crippen LogP contribution in [0.2, 0.25) is 0 Å². The number of thioether (sulfide) groups is 1. The molecule has 0 saturated carbocycles. The molecule has 66 heavy (non-hydrogen) atoms. The molecule has 20 heteroatoms. The number of carbonyl (C=O) groups is 4. The van der Waals surface area contributed by atoms with Gasteiger partial charge in [0.15, 0.2) is 6.10 Å². The summed E-state index contributed by atoms with van der Waals surface area (Å²) in [5.41, 5.74) is 2.04. The molecule has 2 atom stereocenters. The van der Waals surface area contributed by atoms with E-state index < -0.39 is 45.1 Å². The number of aryl methyl sites for hydroxylation is 2. The molecular formula is C46H55N3O15S2. The van der Waals surface area contributed by atoms with E-state index in [0.29, 0.717) is 19.3 Å². The summed E-state index contributed by atoms with van der Waals surface area (Å²) in [6.45, 7) is 5.15. The standard InChI is InChI=1S/C22H25NO7S.C13H18O4.C9H9NO4S.C2H3N/c1-4-30-21(24)16-10-13-19(18(14-16)23(26)27)31-20(22(25)29-3)7-5-6-15-8-11-17(28-2)12-9-15;1-16-11-8-6-10(7-9-11)4-3-5-12(14)13(15)17-2;1-2-14-9(11)6-3-4-8(15)7(5-6)10(12)13;1-2-3/h8-14,20H,4-7H2,1-3H3;6-9,12,14H,3-5H2,1-2H3;3-5,15H,2H2,1H3;1H3/t20-;12-;;/m01../s1. The molecule has 356 valence electrons. The van der Waals surface area contributed by atoms with E-state index >= 15 is 0 Å². The number of nitro groups is 2. The van der Waals surface area contributed by atoms with Crippen molar-refractivity contribution in [3.05, 3.63) is 127 Å². The lowest BCUT2D eigenvalue weighted by molar-refractivity contribution is -0.387. The monoisotopic (exact) mass is 953 g/mol. The third-order valence-corrected chi connectivity index (χ3v) is 10.4. The summed E-state index contributed by atoms with van der Waals surface area (Å²) < 4.78 is 29.1. The Balaban J connectivity index is 0.000000524. The van der Waals surface area contributed by atoms with Crippen LogP contribution in [-0.4, -0.2) is 91.8 Å². The fourth-order valence-electron chi connectivity index (χ4n) is 5.45. The van der Waals surface area contributed by atoms with Crippen LogP contribution in [0.3, 0.4) is 0 Å². The van der Waals surface area contributed by atoms with Gasteiger partial charge in [-0.05, 0) is 112 Å². The normalized spacial score (nSPS) is 10.8. The average molecular weight is 954 g/mol. The first kappa shape index (κ1) is 57.3. The molecule has 4 aromatic rings. The van der Waals surface area contributed by atoms with Crippen molar-refractivity contribution in [1.29, 1.82) is 5.26 Å². The maximum absolute atomic E-state index is 12.3. The van der Waals surface area contributed by atoms with E-state index in [1.54, 1.807) is 34.1 Å². The number of aliphatic hydroxyl groups is 1. The molecule has 0 aliphatic carbocycles. The number of nitrogens with zero attached hydrogens (tertiary/aromatic N) is 3. The van der Waals surface area contributed by atoms with E-state index in [-0.39, 0.29) is 45.5 Å². The molecule has 0 heterocycles. The lowest BCUT2D eigenvalue weighted by atomic mass is 10.1. The summed E-state index contributed by atoms with van der Waals surface area (Å²) in [7, 11) is 5.79. The molecular weight excluding hydrogens is 899 g/mol. The average Bonchev–Trinajstić information content (AvgIpc) is 3.31. The molecule has 0 aromatic heterocycles. The molecule has 4 rings (SSSR count). The van der Waals surface area contributed by atoms with E-state index in [2.05, 4.69) is 17.4 Å². The van der Waals surface area contributed by atoms with Gasteiger partial charge in [-0.3, -0.25) is 25.0 Å². The summed E-state index contributed by atoms with van der Waals surface area (Å²) in [6.07, 6.45) is 2.85. The summed E-state index contributed by atoms with van der Waals surface area (Å²) in [5.74, 6) is -0.642. The molecule has 0 bridgehead atoms. The van der Waals surface area contributed by atoms with Crippen LogP contribution in [0.1, 0.15) is 78.3 Å². The van der Waals surface area contributed by atoms with E-state index in [9.17, 15) is 44.5 Å². The highest BCUT2D eigenvalue weighted by Gasteiger charge is 2.26. The van der Waals surface area contributed by atoms with Crippen molar-refractivity contribution >= 4 is 59.6 Å². The lowest BCUT2D eigenvalue weighted by Gasteiger charge is -2.15. The Morgan fingerprint density at radius 3 is 1.53 bits per heavy atom. The number of carbonyl (C=O) groups excluding carboxylic acids is 4. The summed E-state index contributed by atoms with van der Waals surface area (Å²) >= 11 is 4.97. The van der Waals surface area contributed by atoms with Crippen LogP contribution in [-0.2, 0) is 41.4 Å². The van der Waals surface area contributed by atoms with Crippen LogP contribution in [0.25, 0.3) is 0 Å². The minimum atomic E-state index is -1.02. The number of nitro benzene ring substituents is 2. The van der Waals surface area contributed by atoms with Crippen molar-refractivity contribution in [3.63, 3.8) is 0 Å². The third kappa shape index (κ3) is 20.9. The number of hydrogen-bond donors (Lipinski definition) is 2. The van der Waals surface area contributed by atoms with Gasteiger partial charge in [-0.25, -0.2) is 14.4 Å². The van der Waals surface area contributed by atoms with Crippen LogP contribution >= 0.6 is 24.4 Å². The number of rotatable bonds is 20. The van der Waals surface area contributed by atoms with Crippen LogP contribution in [0, 0.1) is 31.6 Å². The molecule has 0 saturated heterocycles.